The van der Waals surface area contributed by atoms with Crippen molar-refractivity contribution in [3.63, 3.8) is 0 Å². The van der Waals surface area contributed by atoms with E-state index in [1.807, 2.05) is 0 Å². The molecule has 1 amide bonds. The largest absolute Gasteiger partial charge is 0.467 e. The fourth-order valence-corrected chi connectivity index (χ4v) is 6.33. The van der Waals surface area contributed by atoms with Crippen molar-refractivity contribution in [3.8, 4) is 23.2 Å². The zero-order valence-corrected chi connectivity index (χ0v) is 23.2. The van der Waals surface area contributed by atoms with Crippen molar-refractivity contribution in [1.82, 2.24) is 14.9 Å². The number of benzene rings is 2. The Kier molecular flexibility index (Phi) is 7.71. The standard InChI is InChI=1S/C27H21F7N6O2S/c1-3-40(11-6-18(41)39(9-11)10-17(29)30)25-13-7-15(27(32,33)34)20(21(31)22(13)37-26(38-25)42-2)12-4-5-16(28)23-19(12)14(8-35)24(36)43-23/h4-5,7,11,17H,3,6,9-10,36H2,1-2H3. The zero-order valence-electron chi connectivity index (χ0n) is 22.4. The molecule has 5 rings (SSSR count). The number of ether oxygens (including phenoxy) is 1. The van der Waals surface area contributed by atoms with Gasteiger partial charge in [-0.2, -0.15) is 28.4 Å². The molecule has 1 atom stereocenters. The van der Waals surface area contributed by atoms with Crippen LogP contribution in [0.15, 0.2) is 18.2 Å². The van der Waals surface area contributed by atoms with Crippen LogP contribution in [0.5, 0.6) is 6.01 Å². The summed E-state index contributed by atoms with van der Waals surface area (Å²) in [5.74, 6) is -3.10. The summed E-state index contributed by atoms with van der Waals surface area (Å²) in [7, 11) is 1.16. The van der Waals surface area contributed by atoms with Crippen LogP contribution in [0.4, 0.5) is 41.6 Å². The van der Waals surface area contributed by atoms with Crippen molar-refractivity contribution in [2.45, 2.75) is 32.0 Å². The van der Waals surface area contributed by atoms with E-state index >= 15 is 4.39 Å². The topological polar surface area (TPSA) is 108 Å². The Bertz CT molecular complexity index is 1800. The number of anilines is 2. The Hall–Kier alpha value is -4.39. The van der Waals surface area contributed by atoms with E-state index < -0.39 is 70.9 Å². The second-order valence-electron chi connectivity index (χ2n) is 9.63. The molecule has 0 saturated carbocycles. The number of carbonyl (C=O) groups excluding carboxylic acids is 1. The number of carbonyl (C=O) groups is 1. The summed E-state index contributed by atoms with van der Waals surface area (Å²) < 4.78 is 106. The quantitative estimate of drug-likeness (QED) is 0.252. The molecule has 2 aromatic carbocycles. The molecule has 8 nitrogen and oxygen atoms in total. The molecule has 0 aliphatic carbocycles. The molecular formula is C27H21F7N6O2S. The zero-order chi connectivity index (χ0) is 31.4. The SMILES string of the molecule is CCN(c1nc(OC)nc2c(F)c(-c3ccc(F)c4sc(N)c(C#N)c34)c(C(F)(F)F)cc12)C1CC(=O)N(CC(F)F)C1. The van der Waals surface area contributed by atoms with Crippen molar-refractivity contribution in [2.24, 2.45) is 0 Å². The molecule has 1 aliphatic heterocycles. The predicted molar refractivity (Wildman–Crippen MR) is 145 cm³/mol. The van der Waals surface area contributed by atoms with E-state index in [1.54, 1.807) is 13.0 Å². The molecule has 0 radical (unpaired) electrons. The second-order valence-corrected chi connectivity index (χ2v) is 10.7. The molecular weight excluding hydrogens is 605 g/mol. The maximum Gasteiger partial charge on any atom is 0.417 e. The summed E-state index contributed by atoms with van der Waals surface area (Å²) in [6.07, 6.45) is -8.19. The van der Waals surface area contributed by atoms with Crippen molar-refractivity contribution in [2.75, 3.05) is 37.4 Å². The smallest absolute Gasteiger partial charge is 0.417 e. The summed E-state index contributed by atoms with van der Waals surface area (Å²) >= 11 is 0.641. The number of amides is 1. The van der Waals surface area contributed by atoms with Gasteiger partial charge in [0.15, 0.2) is 5.82 Å². The highest BCUT2D eigenvalue weighted by molar-refractivity contribution is 7.23. The van der Waals surface area contributed by atoms with Crippen LogP contribution < -0.4 is 15.4 Å². The Morgan fingerprint density at radius 1 is 1.28 bits per heavy atom. The average Bonchev–Trinajstić information content (AvgIpc) is 3.47. The number of fused-ring (bicyclic) bond motifs is 2. The molecule has 0 spiro atoms. The summed E-state index contributed by atoms with van der Waals surface area (Å²) in [4.78, 5) is 22.9. The van der Waals surface area contributed by atoms with Gasteiger partial charge in [0.25, 0.3) is 6.43 Å². The first-order chi connectivity index (χ1) is 20.3. The molecule has 0 bridgehead atoms. The first kappa shape index (κ1) is 30.1. The van der Waals surface area contributed by atoms with Crippen molar-refractivity contribution >= 4 is 49.1 Å². The highest BCUT2D eigenvalue weighted by Crippen LogP contribution is 2.48. The van der Waals surface area contributed by atoms with Crippen molar-refractivity contribution < 1.29 is 40.3 Å². The van der Waals surface area contributed by atoms with Gasteiger partial charge in [0.05, 0.1) is 35.5 Å². The van der Waals surface area contributed by atoms with Crippen LogP contribution in [0, 0.1) is 23.0 Å². The second kappa shape index (κ2) is 11.0. The number of nitrogen functional groups attached to an aromatic ring is 1. The predicted octanol–water partition coefficient (Wildman–Crippen LogP) is 5.96. The maximum atomic E-state index is 16.5. The van der Waals surface area contributed by atoms with Crippen LogP contribution >= 0.6 is 11.3 Å². The highest BCUT2D eigenvalue weighted by Gasteiger charge is 2.40. The van der Waals surface area contributed by atoms with Crippen LogP contribution in [0.25, 0.3) is 32.1 Å². The maximum absolute atomic E-state index is 16.5. The fraction of sp³-hybridized carbons (Fsp3) is 0.333. The van der Waals surface area contributed by atoms with Gasteiger partial charge >= 0.3 is 12.2 Å². The number of hydrogen-bond donors (Lipinski definition) is 1. The first-order valence-corrected chi connectivity index (χ1v) is 13.5. The van der Waals surface area contributed by atoms with Gasteiger partial charge in [-0.25, -0.2) is 17.6 Å². The molecule has 4 aromatic rings. The van der Waals surface area contributed by atoms with E-state index in [0.717, 1.165) is 24.1 Å². The Labute approximate surface area is 243 Å². The average molecular weight is 627 g/mol. The number of methoxy groups -OCH3 is 1. The lowest BCUT2D eigenvalue weighted by Crippen LogP contribution is -2.39. The van der Waals surface area contributed by atoms with E-state index in [-0.39, 0.29) is 51.4 Å². The lowest BCUT2D eigenvalue weighted by molar-refractivity contribution is -0.137. The van der Waals surface area contributed by atoms with Gasteiger partial charge in [0.1, 0.15) is 28.2 Å². The lowest BCUT2D eigenvalue weighted by atomic mass is 9.92. The van der Waals surface area contributed by atoms with E-state index in [1.165, 1.54) is 4.90 Å². The van der Waals surface area contributed by atoms with E-state index in [4.69, 9.17) is 10.5 Å². The van der Waals surface area contributed by atoms with Gasteiger partial charge < -0.3 is 20.3 Å². The third kappa shape index (κ3) is 5.11. The van der Waals surface area contributed by atoms with E-state index in [0.29, 0.717) is 17.4 Å². The van der Waals surface area contributed by atoms with Crippen LogP contribution in [-0.4, -0.2) is 60.0 Å². The molecule has 16 heteroatoms. The number of hydrogen-bond acceptors (Lipinski definition) is 8. The molecule has 1 unspecified atom stereocenters. The van der Waals surface area contributed by atoms with Crippen molar-refractivity contribution in [1.29, 1.82) is 5.26 Å². The Morgan fingerprint density at radius 3 is 2.60 bits per heavy atom. The number of nitrogens with two attached hydrogens (primary N) is 1. The summed E-state index contributed by atoms with van der Waals surface area (Å²) in [6.45, 7) is 0.677. The van der Waals surface area contributed by atoms with Crippen LogP contribution in [0.2, 0.25) is 0 Å². The molecule has 43 heavy (non-hydrogen) atoms. The number of nitriles is 1. The Balaban J connectivity index is 1.81. The number of aromatic nitrogens is 2. The van der Waals surface area contributed by atoms with Crippen molar-refractivity contribution in [3.05, 3.63) is 41.0 Å². The monoisotopic (exact) mass is 626 g/mol. The minimum absolute atomic E-state index is 0.0543. The van der Waals surface area contributed by atoms with Crippen LogP contribution in [-0.2, 0) is 11.0 Å². The molecule has 1 fully saturated rings. The third-order valence-electron chi connectivity index (χ3n) is 7.18. The minimum atomic E-state index is -5.16. The minimum Gasteiger partial charge on any atom is -0.467 e. The van der Waals surface area contributed by atoms with Gasteiger partial charge in [0, 0.05) is 35.8 Å². The van der Waals surface area contributed by atoms with Crippen LogP contribution in [0.3, 0.4) is 0 Å². The number of likely N-dealkylation sites (tertiary alicyclic amines) is 1. The number of halogens is 7. The molecule has 2 N–H and O–H groups in total. The lowest BCUT2D eigenvalue weighted by Gasteiger charge is -2.30. The molecule has 1 saturated heterocycles. The number of alkyl halides is 5. The molecule has 3 heterocycles. The van der Waals surface area contributed by atoms with Crippen LogP contribution in [0.1, 0.15) is 24.5 Å². The summed E-state index contributed by atoms with van der Waals surface area (Å²) in [6, 6.07) is 2.98. The fourth-order valence-electron chi connectivity index (χ4n) is 5.38. The first-order valence-electron chi connectivity index (χ1n) is 12.7. The van der Waals surface area contributed by atoms with E-state index in [9.17, 15) is 36.4 Å². The molecule has 1 aliphatic rings. The molecule has 2 aromatic heterocycles. The Morgan fingerprint density at radius 2 is 2.00 bits per heavy atom. The normalized spacial score (nSPS) is 15.6. The van der Waals surface area contributed by atoms with Gasteiger partial charge in [0.2, 0.25) is 5.91 Å². The van der Waals surface area contributed by atoms with Gasteiger partial charge in [-0.3, -0.25) is 4.79 Å². The third-order valence-corrected chi connectivity index (χ3v) is 8.21. The summed E-state index contributed by atoms with van der Waals surface area (Å²) in [5.41, 5.74) is 2.07. The summed E-state index contributed by atoms with van der Waals surface area (Å²) in [5, 5.41) is 8.82. The number of likely N-dealkylation sites (N-methyl/N-ethyl adjacent to an activating group) is 1. The van der Waals surface area contributed by atoms with E-state index in [2.05, 4.69) is 9.97 Å². The molecule has 226 valence electrons. The highest BCUT2D eigenvalue weighted by atomic mass is 32.1. The van der Waals surface area contributed by atoms with Gasteiger partial charge in [-0.05, 0) is 24.6 Å². The van der Waals surface area contributed by atoms with Gasteiger partial charge in [-0.15, -0.1) is 11.3 Å². The number of rotatable bonds is 7. The number of nitrogens with zero attached hydrogens (tertiary/aromatic N) is 5. The van der Waals surface area contributed by atoms with Gasteiger partial charge in [-0.1, -0.05) is 6.07 Å². The number of thiophene rings is 1.